The SMILES string of the molecule is O=C(c1cn[nH]c1C1CCCCC1)N1C[C@@H](Cc2ccncc2)[C@H](O)C1. The molecule has 2 atom stereocenters. The van der Waals surface area contributed by atoms with Crippen LogP contribution in [0.1, 0.15) is 59.6 Å². The summed E-state index contributed by atoms with van der Waals surface area (Å²) in [6.07, 6.45) is 11.4. The van der Waals surface area contributed by atoms with Crippen LogP contribution in [0.5, 0.6) is 0 Å². The monoisotopic (exact) mass is 354 g/mol. The number of aromatic nitrogens is 3. The number of carbonyl (C=O) groups is 1. The van der Waals surface area contributed by atoms with Gasteiger partial charge in [-0.1, -0.05) is 19.3 Å². The van der Waals surface area contributed by atoms with E-state index in [1.807, 2.05) is 12.1 Å². The molecule has 0 bridgehead atoms. The summed E-state index contributed by atoms with van der Waals surface area (Å²) in [6, 6.07) is 3.93. The highest BCUT2D eigenvalue weighted by molar-refractivity contribution is 5.95. The molecule has 2 aromatic rings. The van der Waals surface area contributed by atoms with Gasteiger partial charge in [0.1, 0.15) is 0 Å². The Labute approximate surface area is 153 Å². The fourth-order valence-electron chi connectivity index (χ4n) is 4.38. The molecule has 1 saturated heterocycles. The van der Waals surface area contributed by atoms with Gasteiger partial charge in [-0.05, 0) is 37.0 Å². The van der Waals surface area contributed by atoms with Crippen LogP contribution in [0, 0.1) is 5.92 Å². The van der Waals surface area contributed by atoms with Gasteiger partial charge in [0.05, 0.1) is 23.6 Å². The van der Waals surface area contributed by atoms with Crippen LogP contribution < -0.4 is 0 Å². The molecule has 2 aromatic heterocycles. The van der Waals surface area contributed by atoms with Crippen LogP contribution in [0.2, 0.25) is 0 Å². The lowest BCUT2D eigenvalue weighted by Gasteiger charge is -2.22. The third-order valence-electron chi connectivity index (χ3n) is 5.85. The van der Waals surface area contributed by atoms with Crippen LogP contribution in [0.3, 0.4) is 0 Å². The first-order valence-corrected chi connectivity index (χ1v) is 9.62. The zero-order valence-corrected chi connectivity index (χ0v) is 15.0. The van der Waals surface area contributed by atoms with Crippen molar-refractivity contribution in [1.29, 1.82) is 0 Å². The van der Waals surface area contributed by atoms with Crippen LogP contribution >= 0.6 is 0 Å². The lowest BCUT2D eigenvalue weighted by Crippen LogP contribution is -2.30. The van der Waals surface area contributed by atoms with E-state index in [1.54, 1.807) is 23.5 Å². The van der Waals surface area contributed by atoms with Crippen molar-refractivity contribution >= 4 is 5.91 Å². The number of aliphatic hydroxyl groups excluding tert-OH is 1. The van der Waals surface area contributed by atoms with Crippen LogP contribution in [0.25, 0.3) is 0 Å². The zero-order valence-electron chi connectivity index (χ0n) is 15.0. The number of hydrogen-bond donors (Lipinski definition) is 2. The van der Waals surface area contributed by atoms with Crippen molar-refractivity contribution in [1.82, 2.24) is 20.1 Å². The van der Waals surface area contributed by atoms with E-state index in [2.05, 4.69) is 15.2 Å². The fraction of sp³-hybridized carbons (Fsp3) is 0.550. The maximum Gasteiger partial charge on any atom is 0.257 e. The number of aromatic amines is 1. The van der Waals surface area contributed by atoms with E-state index in [4.69, 9.17) is 0 Å². The van der Waals surface area contributed by atoms with Crippen molar-refractivity contribution in [3.63, 3.8) is 0 Å². The number of carbonyl (C=O) groups excluding carboxylic acids is 1. The van der Waals surface area contributed by atoms with E-state index >= 15 is 0 Å². The third-order valence-corrected chi connectivity index (χ3v) is 5.85. The van der Waals surface area contributed by atoms with Gasteiger partial charge in [-0.2, -0.15) is 5.10 Å². The maximum absolute atomic E-state index is 13.1. The lowest BCUT2D eigenvalue weighted by atomic mass is 9.85. The second kappa shape index (κ2) is 7.58. The summed E-state index contributed by atoms with van der Waals surface area (Å²) in [5.74, 6) is 0.465. The van der Waals surface area contributed by atoms with Gasteiger partial charge < -0.3 is 10.0 Å². The minimum atomic E-state index is -0.489. The van der Waals surface area contributed by atoms with Crippen molar-refractivity contribution in [2.75, 3.05) is 13.1 Å². The molecule has 6 heteroatoms. The largest absolute Gasteiger partial charge is 0.391 e. The number of nitrogens with one attached hydrogen (secondary N) is 1. The molecule has 1 amide bonds. The summed E-state index contributed by atoms with van der Waals surface area (Å²) in [5, 5.41) is 17.7. The average molecular weight is 354 g/mol. The molecule has 4 rings (SSSR count). The first-order valence-electron chi connectivity index (χ1n) is 9.62. The molecular formula is C20H26N4O2. The lowest BCUT2D eigenvalue weighted by molar-refractivity contribution is 0.0762. The zero-order chi connectivity index (χ0) is 17.9. The molecule has 0 unspecified atom stereocenters. The van der Waals surface area contributed by atoms with Gasteiger partial charge in [0.15, 0.2) is 0 Å². The van der Waals surface area contributed by atoms with Crippen molar-refractivity contribution in [3.05, 3.63) is 47.5 Å². The van der Waals surface area contributed by atoms with E-state index in [0.717, 1.165) is 30.5 Å². The highest BCUT2D eigenvalue weighted by Gasteiger charge is 2.36. The second-order valence-corrected chi connectivity index (χ2v) is 7.63. The van der Waals surface area contributed by atoms with E-state index < -0.39 is 6.10 Å². The molecule has 2 aliphatic rings. The number of hydrogen-bond acceptors (Lipinski definition) is 4. The first kappa shape index (κ1) is 17.2. The van der Waals surface area contributed by atoms with Gasteiger partial charge in [0.25, 0.3) is 5.91 Å². The number of amides is 1. The molecule has 0 radical (unpaired) electrons. The number of β-amino-alcohol motifs (C(OH)–C–C–N with tert-alkyl or cyclic N) is 1. The molecule has 1 aliphatic carbocycles. The number of pyridine rings is 1. The Morgan fingerprint density at radius 2 is 1.96 bits per heavy atom. The molecule has 0 spiro atoms. The third kappa shape index (κ3) is 3.51. The molecule has 1 aliphatic heterocycles. The molecule has 2 N–H and O–H groups in total. The van der Waals surface area contributed by atoms with E-state index in [1.165, 1.54) is 19.3 Å². The van der Waals surface area contributed by atoms with Crippen molar-refractivity contribution in [2.24, 2.45) is 5.92 Å². The summed E-state index contributed by atoms with van der Waals surface area (Å²) >= 11 is 0. The van der Waals surface area contributed by atoms with Gasteiger partial charge in [-0.15, -0.1) is 0 Å². The Bertz CT molecular complexity index is 739. The van der Waals surface area contributed by atoms with Crippen molar-refractivity contribution in [3.8, 4) is 0 Å². The van der Waals surface area contributed by atoms with Gasteiger partial charge in [0.2, 0.25) is 0 Å². The molecule has 6 nitrogen and oxygen atoms in total. The average Bonchev–Trinajstić information content (AvgIpc) is 3.30. The minimum Gasteiger partial charge on any atom is -0.391 e. The number of H-pyrrole nitrogens is 1. The van der Waals surface area contributed by atoms with E-state index in [0.29, 0.717) is 24.6 Å². The second-order valence-electron chi connectivity index (χ2n) is 7.63. The number of nitrogens with zero attached hydrogens (tertiary/aromatic N) is 3. The smallest absolute Gasteiger partial charge is 0.257 e. The Morgan fingerprint density at radius 3 is 2.73 bits per heavy atom. The number of rotatable bonds is 4. The van der Waals surface area contributed by atoms with Crippen molar-refractivity contribution in [2.45, 2.75) is 50.5 Å². The fourth-order valence-corrected chi connectivity index (χ4v) is 4.38. The molecule has 138 valence electrons. The van der Waals surface area contributed by atoms with Gasteiger partial charge in [-0.3, -0.25) is 14.9 Å². The highest BCUT2D eigenvalue weighted by Crippen LogP contribution is 2.34. The Hall–Kier alpha value is -2.21. The van der Waals surface area contributed by atoms with Crippen LogP contribution in [0.4, 0.5) is 0 Å². The summed E-state index contributed by atoms with van der Waals surface area (Å²) in [5.41, 5.74) is 2.82. The normalized spacial score (nSPS) is 24.1. The predicted molar refractivity (Wildman–Crippen MR) is 97.8 cm³/mol. The molecule has 1 saturated carbocycles. The van der Waals surface area contributed by atoms with Crippen LogP contribution in [-0.2, 0) is 6.42 Å². The molecule has 0 aromatic carbocycles. The first-order chi connectivity index (χ1) is 12.7. The topological polar surface area (TPSA) is 82.1 Å². The molecule has 3 heterocycles. The van der Waals surface area contributed by atoms with Gasteiger partial charge in [-0.25, -0.2) is 0 Å². The van der Waals surface area contributed by atoms with Gasteiger partial charge in [0, 0.05) is 37.3 Å². The number of likely N-dealkylation sites (tertiary alicyclic amines) is 1. The van der Waals surface area contributed by atoms with Crippen LogP contribution in [0.15, 0.2) is 30.7 Å². The number of aliphatic hydroxyl groups is 1. The van der Waals surface area contributed by atoms with E-state index in [-0.39, 0.29) is 11.8 Å². The Morgan fingerprint density at radius 1 is 1.19 bits per heavy atom. The maximum atomic E-state index is 13.1. The quantitative estimate of drug-likeness (QED) is 0.884. The summed E-state index contributed by atoms with van der Waals surface area (Å²) < 4.78 is 0. The Balaban J connectivity index is 1.45. The Kier molecular flexibility index (Phi) is 5.02. The minimum absolute atomic E-state index is 0.00407. The van der Waals surface area contributed by atoms with Gasteiger partial charge >= 0.3 is 0 Å². The molecule has 26 heavy (non-hydrogen) atoms. The predicted octanol–water partition coefficient (Wildman–Crippen LogP) is 2.53. The summed E-state index contributed by atoms with van der Waals surface area (Å²) in [7, 11) is 0. The summed E-state index contributed by atoms with van der Waals surface area (Å²) in [6.45, 7) is 0.974. The molecular weight excluding hydrogens is 328 g/mol. The summed E-state index contributed by atoms with van der Waals surface area (Å²) in [4.78, 5) is 18.9. The van der Waals surface area contributed by atoms with E-state index in [9.17, 15) is 9.90 Å². The highest BCUT2D eigenvalue weighted by atomic mass is 16.3. The molecule has 2 fully saturated rings. The standard InChI is InChI=1S/C20H26N4O2/c25-18-13-24(12-16(18)10-14-6-8-21-9-7-14)20(26)17-11-22-23-19(17)15-4-2-1-3-5-15/h6-9,11,15-16,18,25H,1-5,10,12-13H2,(H,22,23)/t16-,18-/m1/s1. The van der Waals surface area contributed by atoms with Crippen molar-refractivity contribution < 1.29 is 9.90 Å². The van der Waals surface area contributed by atoms with Crippen LogP contribution in [-0.4, -0.2) is 50.3 Å².